The van der Waals surface area contributed by atoms with Crippen LogP contribution in [0.25, 0.3) is 0 Å². The number of nitrogens with zero attached hydrogens (tertiary/aromatic N) is 2. The lowest BCUT2D eigenvalue weighted by Crippen LogP contribution is -2.30. The fraction of sp³-hybridized carbons (Fsp3) is 0.308. The van der Waals surface area contributed by atoms with E-state index < -0.39 is 22.0 Å². The number of aromatic nitrogens is 2. The Balaban J connectivity index is 0.00000208. The number of imidazole rings is 1. The number of nitrogens with one attached hydrogen (secondary N) is 2. The van der Waals surface area contributed by atoms with E-state index in [1.165, 1.54) is 24.3 Å². The van der Waals surface area contributed by atoms with Crippen molar-refractivity contribution in [1.82, 2.24) is 14.9 Å². The molecule has 1 aliphatic rings. The Hall–Kier alpha value is -1.78. The summed E-state index contributed by atoms with van der Waals surface area (Å²) >= 11 is 0. The summed E-state index contributed by atoms with van der Waals surface area (Å²) in [5.74, 6) is -1.40. The molecule has 0 fully saturated rings. The standard InChI is InChI=1S/C13H13F3N4O2S.ClH/c14-13(15,16)12-18-11(10-8-17-6-7-20(10)12)19-23(21,22)9-4-2-1-3-5-9;/h1-5,17,19H,6-8H2;1H. The third-order valence-corrected chi connectivity index (χ3v) is 4.77. The Morgan fingerprint density at radius 1 is 1.21 bits per heavy atom. The van der Waals surface area contributed by atoms with Crippen LogP contribution < -0.4 is 10.0 Å². The molecule has 1 aliphatic heterocycles. The van der Waals surface area contributed by atoms with Gasteiger partial charge >= 0.3 is 6.18 Å². The van der Waals surface area contributed by atoms with E-state index in [9.17, 15) is 21.6 Å². The Bertz CT molecular complexity index is 822. The Morgan fingerprint density at radius 2 is 1.88 bits per heavy atom. The predicted octanol–water partition coefficient (Wildman–Crippen LogP) is 2.23. The third-order valence-electron chi connectivity index (χ3n) is 3.42. The molecule has 3 rings (SSSR count). The van der Waals surface area contributed by atoms with E-state index in [1.807, 2.05) is 0 Å². The van der Waals surface area contributed by atoms with Crippen LogP contribution in [-0.2, 0) is 29.3 Å². The normalized spacial score (nSPS) is 14.6. The summed E-state index contributed by atoms with van der Waals surface area (Å²) in [6.45, 7) is 0.539. The molecule has 2 heterocycles. The highest BCUT2D eigenvalue weighted by atomic mass is 35.5. The molecule has 6 nitrogen and oxygen atoms in total. The minimum absolute atomic E-state index is 0. The van der Waals surface area contributed by atoms with Gasteiger partial charge in [-0.1, -0.05) is 18.2 Å². The Kier molecular flexibility index (Phi) is 5.11. The highest BCUT2D eigenvalue weighted by molar-refractivity contribution is 7.92. The second kappa shape index (κ2) is 6.61. The van der Waals surface area contributed by atoms with Crippen LogP contribution in [0.4, 0.5) is 19.0 Å². The topological polar surface area (TPSA) is 76.0 Å². The Morgan fingerprint density at radius 3 is 2.50 bits per heavy atom. The predicted molar refractivity (Wildman–Crippen MR) is 83.4 cm³/mol. The van der Waals surface area contributed by atoms with E-state index in [1.54, 1.807) is 6.07 Å². The average molecular weight is 383 g/mol. The molecule has 0 saturated heterocycles. The molecule has 0 amide bonds. The molecule has 0 spiro atoms. The number of anilines is 1. The summed E-state index contributed by atoms with van der Waals surface area (Å²) in [4.78, 5) is 3.44. The van der Waals surface area contributed by atoms with E-state index in [-0.39, 0.29) is 41.9 Å². The van der Waals surface area contributed by atoms with Gasteiger partial charge in [-0.05, 0) is 12.1 Å². The van der Waals surface area contributed by atoms with E-state index in [4.69, 9.17) is 0 Å². The molecule has 0 aliphatic carbocycles. The SMILES string of the molecule is Cl.O=S(=O)(Nc1nc(C(F)(F)F)n2c1CNCC2)c1ccccc1. The molecule has 2 N–H and O–H groups in total. The molecule has 0 saturated carbocycles. The number of hydrogen-bond acceptors (Lipinski definition) is 4. The zero-order valence-corrected chi connectivity index (χ0v) is 13.8. The van der Waals surface area contributed by atoms with Crippen molar-refractivity contribution in [2.45, 2.75) is 24.2 Å². The molecule has 11 heteroatoms. The van der Waals surface area contributed by atoms with Gasteiger partial charge in [0.05, 0.1) is 10.6 Å². The number of rotatable bonds is 3. The van der Waals surface area contributed by atoms with Crippen molar-refractivity contribution >= 4 is 28.2 Å². The minimum Gasteiger partial charge on any atom is -0.320 e. The molecule has 24 heavy (non-hydrogen) atoms. The van der Waals surface area contributed by atoms with E-state index in [2.05, 4.69) is 15.0 Å². The summed E-state index contributed by atoms with van der Waals surface area (Å²) in [6, 6.07) is 7.41. The molecule has 132 valence electrons. The van der Waals surface area contributed by atoms with Gasteiger partial charge in [0.1, 0.15) is 0 Å². The molecule has 1 aromatic heterocycles. The molecule has 2 aromatic rings. The van der Waals surface area contributed by atoms with Crippen LogP contribution in [0.5, 0.6) is 0 Å². The summed E-state index contributed by atoms with van der Waals surface area (Å²) in [6.07, 6.45) is -4.65. The second-order valence-electron chi connectivity index (χ2n) is 4.98. The fourth-order valence-corrected chi connectivity index (χ4v) is 3.44. The second-order valence-corrected chi connectivity index (χ2v) is 6.66. The van der Waals surface area contributed by atoms with Crippen molar-refractivity contribution in [3.8, 4) is 0 Å². The molecule has 0 unspecified atom stereocenters. The number of fused-ring (bicyclic) bond motifs is 1. The molecule has 0 radical (unpaired) electrons. The average Bonchev–Trinajstić information content (AvgIpc) is 2.87. The van der Waals surface area contributed by atoms with Crippen LogP contribution >= 0.6 is 12.4 Å². The van der Waals surface area contributed by atoms with E-state index in [0.717, 1.165) is 4.57 Å². The summed E-state index contributed by atoms with van der Waals surface area (Å²) in [7, 11) is -4.00. The fourth-order valence-electron chi connectivity index (χ4n) is 2.39. The maximum Gasteiger partial charge on any atom is 0.449 e. The maximum atomic E-state index is 13.1. The first kappa shape index (κ1) is 18.6. The van der Waals surface area contributed by atoms with Crippen molar-refractivity contribution in [3.63, 3.8) is 0 Å². The van der Waals surface area contributed by atoms with Gasteiger partial charge < -0.3 is 9.88 Å². The molecular formula is C13H14ClF3N4O2S. The number of sulfonamides is 1. The molecule has 0 bridgehead atoms. The Labute approximate surface area is 142 Å². The minimum atomic E-state index is -4.65. The highest BCUT2D eigenvalue weighted by Gasteiger charge is 2.40. The first-order valence-electron chi connectivity index (χ1n) is 6.74. The van der Waals surface area contributed by atoms with Gasteiger partial charge in [-0.2, -0.15) is 13.2 Å². The first-order chi connectivity index (χ1) is 10.8. The van der Waals surface area contributed by atoms with Gasteiger partial charge in [-0.25, -0.2) is 13.4 Å². The lowest BCUT2D eigenvalue weighted by Gasteiger charge is -2.19. The van der Waals surface area contributed by atoms with Gasteiger partial charge in [0, 0.05) is 19.6 Å². The highest BCUT2D eigenvalue weighted by Crippen LogP contribution is 2.33. The van der Waals surface area contributed by atoms with Crippen LogP contribution in [0.3, 0.4) is 0 Å². The zero-order valence-electron chi connectivity index (χ0n) is 12.2. The largest absolute Gasteiger partial charge is 0.449 e. The van der Waals surface area contributed by atoms with Gasteiger partial charge in [0.15, 0.2) is 5.82 Å². The van der Waals surface area contributed by atoms with Crippen LogP contribution in [0.15, 0.2) is 35.2 Å². The van der Waals surface area contributed by atoms with E-state index in [0.29, 0.717) is 6.54 Å². The van der Waals surface area contributed by atoms with Crippen LogP contribution in [-0.4, -0.2) is 24.5 Å². The lowest BCUT2D eigenvalue weighted by atomic mass is 10.3. The lowest BCUT2D eigenvalue weighted by molar-refractivity contribution is -0.147. The summed E-state index contributed by atoms with van der Waals surface area (Å²) < 4.78 is 66.9. The first-order valence-corrected chi connectivity index (χ1v) is 8.22. The number of halogens is 4. The van der Waals surface area contributed by atoms with Gasteiger partial charge in [0.25, 0.3) is 10.0 Å². The van der Waals surface area contributed by atoms with Gasteiger partial charge in [-0.3, -0.25) is 4.72 Å². The summed E-state index contributed by atoms with van der Waals surface area (Å²) in [5, 5.41) is 2.91. The monoisotopic (exact) mass is 382 g/mol. The number of hydrogen-bond donors (Lipinski definition) is 2. The van der Waals surface area contributed by atoms with Gasteiger partial charge in [-0.15, -0.1) is 12.4 Å². The maximum absolute atomic E-state index is 13.1. The molecule has 1 aromatic carbocycles. The van der Waals surface area contributed by atoms with Crippen molar-refractivity contribution in [2.75, 3.05) is 11.3 Å². The van der Waals surface area contributed by atoms with Gasteiger partial charge in [0.2, 0.25) is 5.82 Å². The van der Waals surface area contributed by atoms with Crippen LogP contribution in [0, 0.1) is 0 Å². The van der Waals surface area contributed by atoms with Crippen molar-refractivity contribution in [3.05, 3.63) is 41.9 Å². The third kappa shape index (κ3) is 3.50. The van der Waals surface area contributed by atoms with Crippen molar-refractivity contribution < 1.29 is 21.6 Å². The molecular weight excluding hydrogens is 369 g/mol. The quantitative estimate of drug-likeness (QED) is 0.853. The zero-order chi connectivity index (χ0) is 16.7. The smallest absolute Gasteiger partial charge is 0.320 e. The van der Waals surface area contributed by atoms with Crippen LogP contribution in [0.1, 0.15) is 11.5 Å². The summed E-state index contributed by atoms with van der Waals surface area (Å²) in [5.41, 5.74) is 0.170. The number of alkyl halides is 3. The van der Waals surface area contributed by atoms with Crippen molar-refractivity contribution in [1.29, 1.82) is 0 Å². The molecule has 0 atom stereocenters. The van der Waals surface area contributed by atoms with Crippen LogP contribution in [0.2, 0.25) is 0 Å². The number of benzene rings is 1. The van der Waals surface area contributed by atoms with Crippen molar-refractivity contribution in [2.24, 2.45) is 0 Å². The van der Waals surface area contributed by atoms with E-state index >= 15 is 0 Å².